The van der Waals surface area contributed by atoms with Crippen LogP contribution in [0.3, 0.4) is 0 Å². The van der Waals surface area contributed by atoms with Crippen LogP contribution in [0.2, 0.25) is 0 Å². The Morgan fingerprint density at radius 3 is 2.35 bits per heavy atom. The van der Waals surface area contributed by atoms with Gasteiger partial charge < -0.3 is 15.1 Å². The molecule has 0 saturated carbocycles. The molecule has 0 fully saturated rings. The van der Waals surface area contributed by atoms with Crippen LogP contribution in [0.5, 0.6) is 0 Å². The highest BCUT2D eigenvalue weighted by molar-refractivity contribution is 7.51. The molecule has 0 radical (unpaired) electrons. The first-order valence-electron chi connectivity index (χ1n) is 10.8. The largest absolute Gasteiger partial charge is 0.325 e. The van der Waals surface area contributed by atoms with Crippen LogP contribution in [0, 0.1) is 11.8 Å². The van der Waals surface area contributed by atoms with Gasteiger partial charge in [0.05, 0.1) is 6.16 Å². The number of benzene rings is 3. The van der Waals surface area contributed by atoms with Crippen molar-refractivity contribution in [3.8, 4) is 11.8 Å². The van der Waals surface area contributed by atoms with E-state index >= 15 is 0 Å². The van der Waals surface area contributed by atoms with Crippen LogP contribution >= 0.6 is 7.60 Å². The van der Waals surface area contributed by atoms with Crippen molar-refractivity contribution in [3.05, 3.63) is 83.4 Å². The highest BCUT2D eigenvalue weighted by Gasteiger charge is 2.11. The minimum Gasteiger partial charge on any atom is -0.324 e. The van der Waals surface area contributed by atoms with Crippen LogP contribution in [-0.4, -0.2) is 22.5 Å². The van der Waals surface area contributed by atoms with Crippen molar-refractivity contribution in [2.45, 2.75) is 38.6 Å². The molecule has 162 valence electrons. The lowest BCUT2D eigenvalue weighted by atomic mass is 9.99. The maximum Gasteiger partial charge on any atom is 0.325 e. The van der Waals surface area contributed by atoms with Gasteiger partial charge in [-0.15, -0.1) is 0 Å². The molecular formula is C26H30NO3P. The van der Waals surface area contributed by atoms with Gasteiger partial charge in [-0.1, -0.05) is 72.5 Å². The van der Waals surface area contributed by atoms with E-state index in [-0.39, 0.29) is 6.16 Å². The predicted octanol–water partition coefficient (Wildman–Crippen LogP) is 5.26. The van der Waals surface area contributed by atoms with Crippen LogP contribution in [0.15, 0.2) is 66.7 Å². The number of aryl methyl sites for hydroxylation is 1. The first-order valence-corrected chi connectivity index (χ1v) is 12.6. The fourth-order valence-corrected chi connectivity index (χ4v) is 4.17. The monoisotopic (exact) mass is 435 g/mol. The zero-order valence-corrected chi connectivity index (χ0v) is 18.7. The summed E-state index contributed by atoms with van der Waals surface area (Å²) in [6.45, 7) is 1.23. The third-order valence-electron chi connectivity index (χ3n) is 5.22. The highest BCUT2D eigenvalue weighted by atomic mass is 31.2. The second-order valence-electron chi connectivity index (χ2n) is 7.73. The summed E-state index contributed by atoms with van der Waals surface area (Å²) in [6, 6.07) is 23.0. The Bertz CT molecular complexity index is 1080. The molecule has 0 bridgehead atoms. The summed E-state index contributed by atoms with van der Waals surface area (Å²) in [6.07, 6.45) is 4.60. The average molecular weight is 436 g/mol. The fraction of sp³-hybridized carbons (Fsp3) is 0.308. The Kier molecular flexibility index (Phi) is 8.88. The lowest BCUT2D eigenvalue weighted by molar-refractivity contribution is 0.371. The SMILES string of the molecule is O=P(O)(O)CCCNCc1ccc(C#CCCCCc2ccccc2)c2ccccc12. The Morgan fingerprint density at radius 2 is 1.58 bits per heavy atom. The Labute approximate surface area is 184 Å². The van der Waals surface area contributed by atoms with Crippen molar-refractivity contribution >= 4 is 18.4 Å². The van der Waals surface area contributed by atoms with Crippen molar-refractivity contribution in [1.82, 2.24) is 5.32 Å². The summed E-state index contributed by atoms with van der Waals surface area (Å²) >= 11 is 0. The van der Waals surface area contributed by atoms with E-state index in [1.807, 2.05) is 18.2 Å². The highest BCUT2D eigenvalue weighted by Crippen LogP contribution is 2.34. The Morgan fingerprint density at radius 1 is 0.839 bits per heavy atom. The smallest absolute Gasteiger partial charge is 0.324 e. The second-order valence-corrected chi connectivity index (χ2v) is 9.51. The molecule has 4 nitrogen and oxygen atoms in total. The zero-order chi connectivity index (χ0) is 21.9. The van der Waals surface area contributed by atoms with Crippen molar-refractivity contribution < 1.29 is 14.4 Å². The van der Waals surface area contributed by atoms with Gasteiger partial charge in [-0.25, -0.2) is 0 Å². The lowest BCUT2D eigenvalue weighted by Crippen LogP contribution is -2.16. The topological polar surface area (TPSA) is 69.6 Å². The molecule has 0 heterocycles. The fourth-order valence-electron chi connectivity index (χ4n) is 3.60. The van der Waals surface area contributed by atoms with Gasteiger partial charge in [-0.3, -0.25) is 4.57 Å². The van der Waals surface area contributed by atoms with Crippen molar-refractivity contribution in [3.63, 3.8) is 0 Å². The molecule has 0 atom stereocenters. The van der Waals surface area contributed by atoms with Crippen LogP contribution < -0.4 is 5.32 Å². The first-order chi connectivity index (χ1) is 15.0. The summed E-state index contributed by atoms with van der Waals surface area (Å²) in [4.78, 5) is 17.9. The average Bonchev–Trinajstić information content (AvgIpc) is 2.76. The zero-order valence-electron chi connectivity index (χ0n) is 17.8. The van der Waals surface area contributed by atoms with E-state index in [9.17, 15) is 4.57 Å². The molecule has 0 aromatic heterocycles. The van der Waals surface area contributed by atoms with Crippen molar-refractivity contribution in [2.24, 2.45) is 0 Å². The first kappa shape index (κ1) is 23.3. The van der Waals surface area contributed by atoms with Gasteiger partial charge >= 0.3 is 7.60 Å². The standard InChI is InChI=1S/C26H30NO3P/c28-31(29,30)20-10-19-27-21-24-18-17-23(25-15-8-9-16-26(24)25)14-7-2-1-4-11-22-12-5-3-6-13-22/h3,5-6,8-9,12-13,15-18,27H,1-2,4,10-11,19-21H2,(H2,28,29,30). The summed E-state index contributed by atoms with van der Waals surface area (Å²) < 4.78 is 10.9. The van der Waals surface area contributed by atoms with Gasteiger partial charge in [-0.05, 0) is 60.2 Å². The molecule has 31 heavy (non-hydrogen) atoms. The maximum atomic E-state index is 10.9. The number of rotatable bonds is 10. The molecule has 0 unspecified atom stereocenters. The Hall–Kier alpha value is -2.41. The van der Waals surface area contributed by atoms with E-state index < -0.39 is 7.60 Å². The van der Waals surface area contributed by atoms with E-state index in [0.717, 1.165) is 36.6 Å². The predicted molar refractivity (Wildman–Crippen MR) is 128 cm³/mol. The van der Waals surface area contributed by atoms with E-state index in [0.29, 0.717) is 19.5 Å². The number of hydrogen-bond donors (Lipinski definition) is 3. The molecule has 0 aliphatic rings. The summed E-state index contributed by atoms with van der Waals surface area (Å²) in [7, 11) is -3.91. The summed E-state index contributed by atoms with van der Waals surface area (Å²) in [5.41, 5.74) is 3.59. The van der Waals surface area contributed by atoms with E-state index in [1.54, 1.807) is 0 Å². The minimum absolute atomic E-state index is 0.0827. The second kappa shape index (κ2) is 11.8. The molecule has 0 spiro atoms. The molecule has 0 amide bonds. The summed E-state index contributed by atoms with van der Waals surface area (Å²) in [5.74, 6) is 6.68. The van der Waals surface area contributed by atoms with Crippen molar-refractivity contribution in [1.29, 1.82) is 0 Å². The minimum atomic E-state index is -3.91. The molecule has 3 aromatic carbocycles. The number of nitrogens with one attached hydrogen (secondary N) is 1. The van der Waals surface area contributed by atoms with E-state index in [4.69, 9.17) is 9.79 Å². The number of hydrogen-bond acceptors (Lipinski definition) is 2. The van der Waals surface area contributed by atoms with Gasteiger partial charge in [-0.2, -0.15) is 0 Å². The molecule has 5 heteroatoms. The van der Waals surface area contributed by atoms with Crippen LogP contribution in [0.4, 0.5) is 0 Å². The maximum absolute atomic E-state index is 10.9. The molecule has 0 saturated heterocycles. The van der Waals surface area contributed by atoms with Crippen LogP contribution in [0.1, 0.15) is 42.4 Å². The van der Waals surface area contributed by atoms with Gasteiger partial charge in [0.25, 0.3) is 0 Å². The third-order valence-corrected chi connectivity index (χ3v) is 6.11. The molecule has 3 N–H and O–H groups in total. The third kappa shape index (κ3) is 7.98. The van der Waals surface area contributed by atoms with Crippen LogP contribution in [0.25, 0.3) is 10.8 Å². The van der Waals surface area contributed by atoms with Gasteiger partial charge in [0.2, 0.25) is 0 Å². The molecule has 3 rings (SSSR count). The molecule has 3 aromatic rings. The lowest BCUT2D eigenvalue weighted by Gasteiger charge is -2.10. The Balaban J connectivity index is 1.54. The number of fused-ring (bicyclic) bond motifs is 1. The van der Waals surface area contributed by atoms with E-state index in [1.165, 1.54) is 16.5 Å². The van der Waals surface area contributed by atoms with Gasteiger partial charge in [0.15, 0.2) is 0 Å². The van der Waals surface area contributed by atoms with Gasteiger partial charge in [0.1, 0.15) is 0 Å². The van der Waals surface area contributed by atoms with Gasteiger partial charge in [0, 0.05) is 18.5 Å². The van der Waals surface area contributed by atoms with E-state index in [2.05, 4.69) is 65.7 Å². The molecular weight excluding hydrogens is 405 g/mol. The molecule has 0 aliphatic heterocycles. The number of unbranched alkanes of at least 4 members (excludes halogenated alkanes) is 2. The normalized spacial score (nSPS) is 11.3. The van der Waals surface area contributed by atoms with Crippen LogP contribution in [-0.2, 0) is 17.5 Å². The van der Waals surface area contributed by atoms with Crippen molar-refractivity contribution in [2.75, 3.05) is 12.7 Å². The summed E-state index contributed by atoms with van der Waals surface area (Å²) in [5, 5.41) is 5.60. The quantitative estimate of drug-likeness (QED) is 0.231. The molecule has 0 aliphatic carbocycles.